The number of hydrogen-bond donors (Lipinski definition) is 3. The fourth-order valence-electron chi connectivity index (χ4n) is 2.56. The van der Waals surface area contributed by atoms with Gasteiger partial charge in [-0.15, -0.1) is 0 Å². The average molecular weight is 467 g/mol. The molecule has 0 aliphatic rings. The molecule has 0 spiro atoms. The van der Waals surface area contributed by atoms with Gasteiger partial charge in [0.1, 0.15) is 12.2 Å². The summed E-state index contributed by atoms with van der Waals surface area (Å²) < 4.78 is 65.4. The van der Waals surface area contributed by atoms with Crippen LogP contribution in [0, 0.1) is 0 Å². The number of primary amides is 1. The molecule has 3 rings (SSSR count). The summed E-state index contributed by atoms with van der Waals surface area (Å²) in [5.41, 5.74) is 5.88. The van der Waals surface area contributed by atoms with E-state index in [0.29, 0.717) is 5.69 Å². The third-order valence-corrected chi connectivity index (χ3v) is 5.50. The van der Waals surface area contributed by atoms with Gasteiger partial charge >= 0.3 is 6.18 Å². The van der Waals surface area contributed by atoms with Crippen LogP contribution in [-0.2, 0) is 10.0 Å². The molecule has 0 bridgehead atoms. The first-order chi connectivity index (χ1) is 14.9. The summed E-state index contributed by atoms with van der Waals surface area (Å²) in [4.78, 5) is 22.7. The van der Waals surface area contributed by atoms with Crippen molar-refractivity contribution in [1.29, 1.82) is 0 Å². The fraction of sp³-hybridized carbons (Fsp3) is 0.105. The van der Waals surface area contributed by atoms with Crippen molar-refractivity contribution in [2.45, 2.75) is 11.1 Å². The number of nitrogens with zero attached hydrogens (tertiary/aromatic N) is 2. The van der Waals surface area contributed by atoms with E-state index in [-0.39, 0.29) is 21.8 Å². The second kappa shape index (κ2) is 8.70. The maximum absolute atomic E-state index is 12.5. The predicted molar refractivity (Wildman–Crippen MR) is 108 cm³/mol. The Bertz CT molecular complexity index is 1240. The molecule has 168 valence electrons. The first-order valence-corrected chi connectivity index (χ1v) is 10.4. The maximum atomic E-state index is 12.5. The fourth-order valence-corrected chi connectivity index (χ4v) is 3.62. The highest BCUT2D eigenvalue weighted by atomic mass is 32.2. The zero-order valence-corrected chi connectivity index (χ0v) is 16.9. The van der Waals surface area contributed by atoms with Gasteiger partial charge < -0.3 is 11.1 Å². The van der Waals surface area contributed by atoms with Crippen LogP contribution in [0.15, 0.2) is 65.7 Å². The van der Waals surface area contributed by atoms with Crippen LogP contribution >= 0.6 is 0 Å². The van der Waals surface area contributed by atoms with Gasteiger partial charge in [0, 0.05) is 17.4 Å². The largest absolute Gasteiger partial charge is 0.405 e. The summed E-state index contributed by atoms with van der Waals surface area (Å²) in [5.74, 6) is -1.66. The number of hydrogen-bond acceptors (Lipinski definition) is 5. The molecule has 0 aliphatic heterocycles. The number of alkyl halides is 3. The van der Waals surface area contributed by atoms with E-state index in [9.17, 15) is 31.2 Å². The lowest BCUT2D eigenvalue weighted by Gasteiger charge is -2.10. The first kappa shape index (κ1) is 22.8. The normalized spacial score (nSPS) is 11.7. The van der Waals surface area contributed by atoms with Crippen LogP contribution in [0.3, 0.4) is 0 Å². The summed E-state index contributed by atoms with van der Waals surface area (Å²) >= 11 is 0. The van der Waals surface area contributed by atoms with Gasteiger partial charge in [-0.3, -0.25) is 14.3 Å². The molecule has 2 amide bonds. The minimum Gasteiger partial charge on any atom is -0.364 e. The van der Waals surface area contributed by atoms with Gasteiger partial charge in [-0.2, -0.15) is 18.3 Å². The molecule has 0 radical (unpaired) electrons. The highest BCUT2D eigenvalue weighted by Gasteiger charge is 2.28. The Balaban J connectivity index is 1.69. The van der Waals surface area contributed by atoms with Crippen LogP contribution in [0.2, 0.25) is 0 Å². The van der Waals surface area contributed by atoms with E-state index in [1.54, 1.807) is 17.4 Å². The SMILES string of the molecule is NC(=O)c1ccn(-c2ccc(NS(=O)(=O)c3ccc(C(=O)NCC(F)(F)F)cc3)cc2)n1. The summed E-state index contributed by atoms with van der Waals surface area (Å²) in [6, 6.07) is 11.9. The molecule has 0 saturated carbocycles. The summed E-state index contributed by atoms with van der Waals surface area (Å²) in [5, 5.41) is 5.69. The van der Waals surface area contributed by atoms with Gasteiger partial charge in [0.25, 0.3) is 21.8 Å². The molecule has 0 atom stereocenters. The molecule has 2 aromatic carbocycles. The van der Waals surface area contributed by atoms with Crippen LogP contribution in [0.1, 0.15) is 20.8 Å². The molecule has 0 saturated heterocycles. The van der Waals surface area contributed by atoms with Crippen molar-refractivity contribution >= 4 is 27.5 Å². The van der Waals surface area contributed by atoms with Crippen molar-refractivity contribution in [3.8, 4) is 5.69 Å². The van der Waals surface area contributed by atoms with Crippen LogP contribution in [-0.4, -0.2) is 42.7 Å². The van der Waals surface area contributed by atoms with Crippen LogP contribution in [0.25, 0.3) is 5.69 Å². The van der Waals surface area contributed by atoms with Gasteiger partial charge in [0.2, 0.25) is 0 Å². The minimum absolute atomic E-state index is 0.0744. The lowest BCUT2D eigenvalue weighted by molar-refractivity contribution is -0.123. The van der Waals surface area contributed by atoms with Crippen molar-refractivity contribution in [3.05, 3.63) is 72.1 Å². The average Bonchev–Trinajstić information content (AvgIpc) is 3.22. The Labute approximate surface area is 180 Å². The molecule has 1 aromatic heterocycles. The molecule has 3 aromatic rings. The first-order valence-electron chi connectivity index (χ1n) is 8.88. The third kappa shape index (κ3) is 5.63. The van der Waals surface area contributed by atoms with Gasteiger partial charge in [0.05, 0.1) is 10.6 Å². The predicted octanol–water partition coefficient (Wildman–Crippen LogP) is 2.06. The molecular formula is C19H16F3N5O4S. The Morgan fingerprint density at radius 3 is 2.16 bits per heavy atom. The number of sulfonamides is 1. The second-order valence-electron chi connectivity index (χ2n) is 6.48. The standard InChI is InChI=1S/C19H16F3N5O4S/c20-19(21,22)11-24-18(29)12-1-7-15(8-2-12)32(30,31)26-13-3-5-14(6-4-13)27-10-9-16(25-27)17(23)28/h1-10,26H,11H2,(H2,23,28)(H,24,29). The molecule has 4 N–H and O–H groups in total. The summed E-state index contributed by atoms with van der Waals surface area (Å²) in [6.45, 7) is -1.49. The maximum Gasteiger partial charge on any atom is 0.405 e. The van der Waals surface area contributed by atoms with Crippen molar-refractivity contribution < 1.29 is 31.2 Å². The van der Waals surface area contributed by atoms with Gasteiger partial charge in [0.15, 0.2) is 0 Å². The summed E-state index contributed by atoms with van der Waals surface area (Å²) in [6.07, 6.45) is -3.04. The van der Waals surface area contributed by atoms with Gasteiger partial charge in [-0.05, 0) is 54.6 Å². The summed E-state index contributed by atoms with van der Waals surface area (Å²) in [7, 11) is -4.02. The highest BCUT2D eigenvalue weighted by Crippen LogP contribution is 2.19. The molecule has 0 unspecified atom stereocenters. The highest BCUT2D eigenvalue weighted by molar-refractivity contribution is 7.92. The Hall–Kier alpha value is -3.87. The van der Waals surface area contributed by atoms with Crippen LogP contribution < -0.4 is 15.8 Å². The van der Waals surface area contributed by atoms with E-state index >= 15 is 0 Å². The lowest BCUT2D eigenvalue weighted by Crippen LogP contribution is -2.33. The molecule has 0 aliphatic carbocycles. The number of amides is 2. The van der Waals surface area contributed by atoms with Crippen molar-refractivity contribution in [1.82, 2.24) is 15.1 Å². The number of nitrogens with one attached hydrogen (secondary N) is 2. The molecular weight excluding hydrogens is 451 g/mol. The van der Waals surface area contributed by atoms with E-state index in [4.69, 9.17) is 5.73 Å². The van der Waals surface area contributed by atoms with Crippen molar-refractivity contribution in [3.63, 3.8) is 0 Å². The quantitative estimate of drug-likeness (QED) is 0.489. The smallest absolute Gasteiger partial charge is 0.364 e. The van der Waals surface area contributed by atoms with E-state index in [2.05, 4.69) is 9.82 Å². The molecule has 13 heteroatoms. The number of anilines is 1. The number of aromatic nitrogens is 2. The number of carbonyl (C=O) groups is 2. The van der Waals surface area contributed by atoms with Crippen molar-refractivity contribution in [2.24, 2.45) is 5.73 Å². The van der Waals surface area contributed by atoms with E-state index in [0.717, 1.165) is 24.3 Å². The number of halogens is 3. The zero-order valence-electron chi connectivity index (χ0n) is 16.1. The topological polar surface area (TPSA) is 136 Å². The Kier molecular flexibility index (Phi) is 6.20. The van der Waals surface area contributed by atoms with Crippen molar-refractivity contribution in [2.75, 3.05) is 11.3 Å². The minimum atomic E-state index is -4.56. The monoisotopic (exact) mass is 467 g/mol. The Morgan fingerprint density at radius 1 is 1.00 bits per heavy atom. The third-order valence-electron chi connectivity index (χ3n) is 4.10. The molecule has 32 heavy (non-hydrogen) atoms. The van der Waals surface area contributed by atoms with Gasteiger partial charge in [-0.25, -0.2) is 13.1 Å². The van der Waals surface area contributed by atoms with E-state index in [1.807, 2.05) is 0 Å². The van der Waals surface area contributed by atoms with Crippen LogP contribution in [0.4, 0.5) is 18.9 Å². The Morgan fingerprint density at radius 2 is 1.62 bits per heavy atom. The number of benzene rings is 2. The number of carbonyl (C=O) groups excluding carboxylic acids is 2. The lowest BCUT2D eigenvalue weighted by atomic mass is 10.2. The second-order valence-corrected chi connectivity index (χ2v) is 8.17. The van der Waals surface area contributed by atoms with E-state index in [1.165, 1.54) is 29.1 Å². The number of nitrogens with two attached hydrogens (primary N) is 1. The molecule has 1 heterocycles. The van der Waals surface area contributed by atoms with Crippen LogP contribution in [0.5, 0.6) is 0 Å². The molecule has 0 fully saturated rings. The van der Waals surface area contributed by atoms with Gasteiger partial charge in [-0.1, -0.05) is 0 Å². The number of rotatable bonds is 7. The zero-order chi connectivity index (χ0) is 23.5. The molecule has 9 nitrogen and oxygen atoms in total. The van der Waals surface area contributed by atoms with E-state index < -0.39 is 34.6 Å².